The number of alkyl halides is 3. The second-order valence-electron chi connectivity index (χ2n) is 10.4. The molecule has 0 aliphatic rings. The number of hydrogen-bond acceptors (Lipinski definition) is 4. The quantitative estimate of drug-likeness (QED) is 0.148. The average molecular weight is 668 g/mol. The molecule has 1 N–H and O–H groups in total. The summed E-state index contributed by atoms with van der Waals surface area (Å²) in [6, 6.07) is 30.4. The van der Waals surface area contributed by atoms with Gasteiger partial charge < -0.3 is 10.1 Å². The molecule has 0 aliphatic heterocycles. The Labute approximate surface area is 268 Å². The van der Waals surface area contributed by atoms with Gasteiger partial charge in [-0.15, -0.1) is 12.4 Å². The van der Waals surface area contributed by atoms with Crippen LogP contribution in [0.4, 0.5) is 18.9 Å². The van der Waals surface area contributed by atoms with Crippen molar-refractivity contribution in [3.63, 3.8) is 0 Å². The molecule has 4 aromatic carbocycles. The molecule has 0 aromatic heterocycles. The Balaban J connectivity index is 0.00000529. The van der Waals surface area contributed by atoms with Gasteiger partial charge in [-0.25, -0.2) is 8.42 Å². The zero-order chi connectivity index (χ0) is 31.1. The highest BCUT2D eigenvalue weighted by Crippen LogP contribution is 2.41. The lowest BCUT2D eigenvalue weighted by molar-refractivity contribution is -0.137. The fourth-order valence-electron chi connectivity index (χ4n) is 5.06. The Morgan fingerprint density at radius 1 is 0.864 bits per heavy atom. The molecule has 0 bridgehead atoms. The van der Waals surface area contributed by atoms with E-state index < -0.39 is 27.2 Å². The molecule has 0 aliphatic carbocycles. The second-order valence-corrected chi connectivity index (χ2v) is 12.8. The first-order valence-corrected chi connectivity index (χ1v) is 16.0. The van der Waals surface area contributed by atoms with Gasteiger partial charge in [-0.05, 0) is 54.3 Å². The van der Waals surface area contributed by atoms with Gasteiger partial charge in [0, 0.05) is 25.1 Å². The molecule has 0 atom stereocenters. The maximum Gasteiger partial charge on any atom is 0.417 e. The summed E-state index contributed by atoms with van der Waals surface area (Å²) >= 11 is 6.40. The largest absolute Gasteiger partial charge is 0.493 e. The van der Waals surface area contributed by atoms with Crippen LogP contribution in [-0.2, 0) is 28.0 Å². The molecule has 5 nitrogen and oxygen atoms in total. The fourth-order valence-corrected chi connectivity index (χ4v) is 5.86. The molecule has 4 rings (SSSR count). The molecule has 11 heteroatoms. The SMILES string of the molecule is CN(c1cccc(OCCCNCC(Cc2cccc(C(F)(F)F)c2Cl)(c2ccccc2)c2ccccc2)c1)S(C)(=O)=O.Cl. The molecule has 0 fully saturated rings. The number of nitrogens with one attached hydrogen (secondary N) is 1. The molecule has 0 radical (unpaired) electrons. The van der Waals surface area contributed by atoms with E-state index in [2.05, 4.69) is 5.32 Å². The summed E-state index contributed by atoms with van der Waals surface area (Å²) in [5, 5.41) is 3.22. The molecule has 236 valence electrons. The van der Waals surface area contributed by atoms with Gasteiger partial charge in [0.15, 0.2) is 0 Å². The van der Waals surface area contributed by atoms with Gasteiger partial charge in [0.2, 0.25) is 10.0 Å². The van der Waals surface area contributed by atoms with Crippen molar-refractivity contribution in [3.05, 3.63) is 130 Å². The molecule has 0 saturated heterocycles. The predicted molar refractivity (Wildman–Crippen MR) is 174 cm³/mol. The van der Waals surface area contributed by atoms with E-state index in [-0.39, 0.29) is 23.9 Å². The summed E-state index contributed by atoms with van der Waals surface area (Å²) in [7, 11) is -1.91. The van der Waals surface area contributed by atoms with Crippen molar-refractivity contribution in [3.8, 4) is 5.75 Å². The highest BCUT2D eigenvalue weighted by atomic mass is 35.5. The van der Waals surface area contributed by atoms with Gasteiger partial charge in [-0.1, -0.05) is 90.5 Å². The zero-order valence-corrected chi connectivity index (χ0v) is 26.7. The monoisotopic (exact) mass is 666 g/mol. The number of rotatable bonds is 13. The Hall–Kier alpha value is -3.24. The third-order valence-electron chi connectivity index (χ3n) is 7.40. The second kappa shape index (κ2) is 15.2. The summed E-state index contributed by atoms with van der Waals surface area (Å²) < 4.78 is 72.0. The van der Waals surface area contributed by atoms with E-state index in [0.29, 0.717) is 43.1 Å². The first kappa shape index (κ1) is 35.2. The van der Waals surface area contributed by atoms with Crippen molar-refractivity contribution in [1.29, 1.82) is 0 Å². The molecule has 0 unspecified atom stereocenters. The van der Waals surface area contributed by atoms with Gasteiger partial charge in [-0.3, -0.25) is 4.31 Å². The van der Waals surface area contributed by atoms with Crippen LogP contribution in [0.15, 0.2) is 103 Å². The summed E-state index contributed by atoms with van der Waals surface area (Å²) in [4.78, 5) is 0. The molecule has 0 saturated carbocycles. The van der Waals surface area contributed by atoms with Crippen molar-refractivity contribution in [2.75, 3.05) is 37.3 Å². The van der Waals surface area contributed by atoms with Crippen LogP contribution in [0.5, 0.6) is 5.75 Å². The predicted octanol–water partition coefficient (Wildman–Crippen LogP) is 7.76. The third-order valence-corrected chi connectivity index (χ3v) is 9.05. The average Bonchev–Trinajstić information content (AvgIpc) is 2.98. The first-order valence-electron chi connectivity index (χ1n) is 13.7. The maximum absolute atomic E-state index is 13.7. The highest BCUT2D eigenvalue weighted by molar-refractivity contribution is 7.92. The summed E-state index contributed by atoms with van der Waals surface area (Å²) in [6.45, 7) is 1.38. The van der Waals surface area contributed by atoms with E-state index in [9.17, 15) is 21.6 Å². The molecule has 0 heterocycles. The van der Waals surface area contributed by atoms with Gasteiger partial charge in [0.25, 0.3) is 0 Å². The number of ether oxygens (including phenoxy) is 1. The van der Waals surface area contributed by atoms with E-state index in [4.69, 9.17) is 16.3 Å². The van der Waals surface area contributed by atoms with Crippen molar-refractivity contribution < 1.29 is 26.3 Å². The van der Waals surface area contributed by atoms with Crippen molar-refractivity contribution in [2.45, 2.75) is 24.4 Å². The number of halogens is 5. The van der Waals surface area contributed by atoms with Gasteiger partial charge in [0.1, 0.15) is 5.75 Å². The lowest BCUT2D eigenvalue weighted by Crippen LogP contribution is -2.42. The summed E-state index contributed by atoms with van der Waals surface area (Å²) in [6.07, 6.45) is -2.55. The molecule has 0 spiro atoms. The van der Waals surface area contributed by atoms with Crippen LogP contribution in [-0.4, -0.2) is 41.4 Å². The van der Waals surface area contributed by atoms with Crippen LogP contribution < -0.4 is 14.4 Å². The number of anilines is 1. The van der Waals surface area contributed by atoms with Crippen LogP contribution >= 0.6 is 24.0 Å². The maximum atomic E-state index is 13.7. The number of nitrogens with zero attached hydrogens (tertiary/aromatic N) is 1. The van der Waals surface area contributed by atoms with E-state index >= 15 is 0 Å². The zero-order valence-electron chi connectivity index (χ0n) is 24.4. The summed E-state index contributed by atoms with van der Waals surface area (Å²) in [5.41, 5.74) is 1.24. The first-order chi connectivity index (χ1) is 20.4. The minimum Gasteiger partial charge on any atom is -0.493 e. The van der Waals surface area contributed by atoms with Crippen LogP contribution in [0.25, 0.3) is 0 Å². The lowest BCUT2D eigenvalue weighted by atomic mass is 9.70. The van der Waals surface area contributed by atoms with E-state index in [1.165, 1.54) is 17.4 Å². The van der Waals surface area contributed by atoms with Crippen LogP contribution in [0.3, 0.4) is 0 Å². The minimum absolute atomic E-state index is 0. The highest BCUT2D eigenvalue weighted by Gasteiger charge is 2.38. The normalized spacial score (nSPS) is 12.0. The lowest BCUT2D eigenvalue weighted by Gasteiger charge is -2.36. The van der Waals surface area contributed by atoms with Gasteiger partial charge in [0.05, 0.1) is 29.1 Å². The van der Waals surface area contributed by atoms with E-state index in [1.54, 1.807) is 30.3 Å². The molecule has 44 heavy (non-hydrogen) atoms. The molecule has 0 amide bonds. The van der Waals surface area contributed by atoms with Gasteiger partial charge >= 0.3 is 6.18 Å². The van der Waals surface area contributed by atoms with Crippen LogP contribution in [0.1, 0.15) is 28.7 Å². The Morgan fingerprint density at radius 3 is 2.02 bits per heavy atom. The topological polar surface area (TPSA) is 58.6 Å². The van der Waals surface area contributed by atoms with Crippen LogP contribution in [0, 0.1) is 0 Å². The standard InChI is InChI=1S/C33H34ClF3N2O3S.ClH/c1-39(43(2,40)41)28-17-10-18-29(22-28)42-21-11-20-38-24-32(26-13-5-3-6-14-26,27-15-7-4-8-16-27)23-25-12-9-19-30(31(25)34)33(35,36)37;/h3-10,12-19,22,38H,11,20-21,23-24H2,1-2H3;1H. The molecular weight excluding hydrogens is 632 g/mol. The van der Waals surface area contributed by atoms with Crippen molar-refractivity contribution in [2.24, 2.45) is 0 Å². The van der Waals surface area contributed by atoms with Crippen LogP contribution in [0.2, 0.25) is 5.02 Å². The van der Waals surface area contributed by atoms with Gasteiger partial charge in [-0.2, -0.15) is 13.2 Å². The third kappa shape index (κ3) is 8.69. The molecular formula is C33H35Cl2F3N2O3S. The number of sulfonamides is 1. The van der Waals surface area contributed by atoms with Crippen molar-refractivity contribution in [1.82, 2.24) is 5.32 Å². The Morgan fingerprint density at radius 2 is 1.45 bits per heavy atom. The van der Waals surface area contributed by atoms with E-state index in [1.807, 2.05) is 60.7 Å². The number of benzene rings is 4. The Kier molecular flexibility index (Phi) is 12.1. The minimum atomic E-state index is -4.56. The summed E-state index contributed by atoms with van der Waals surface area (Å²) in [5.74, 6) is 0.551. The Bertz CT molecular complexity index is 1570. The van der Waals surface area contributed by atoms with Crippen molar-refractivity contribution >= 4 is 39.7 Å². The fraction of sp³-hybridized carbons (Fsp3) is 0.273. The van der Waals surface area contributed by atoms with E-state index in [0.717, 1.165) is 23.4 Å². The molecule has 4 aromatic rings. The smallest absolute Gasteiger partial charge is 0.417 e. The number of hydrogen-bond donors (Lipinski definition) is 1.